The number of amides is 1. The van der Waals surface area contributed by atoms with E-state index in [1.807, 2.05) is 48.5 Å². The Balaban J connectivity index is 1.82. The lowest BCUT2D eigenvalue weighted by molar-refractivity contribution is 0.102. The number of nitrogens with one attached hydrogen (secondary N) is 1. The van der Waals surface area contributed by atoms with Crippen LogP contribution in [0.3, 0.4) is 0 Å². The van der Waals surface area contributed by atoms with Gasteiger partial charge in [-0.2, -0.15) is 5.26 Å². The fraction of sp³-hybridized carbons (Fsp3) is 0.240. The molecule has 1 aliphatic rings. The van der Waals surface area contributed by atoms with Gasteiger partial charge < -0.3 is 5.32 Å². The fourth-order valence-corrected chi connectivity index (χ4v) is 4.78. The Bertz CT molecular complexity index is 1080. The second kappa shape index (κ2) is 9.60. The van der Waals surface area contributed by atoms with Gasteiger partial charge in [0.15, 0.2) is 0 Å². The van der Waals surface area contributed by atoms with Crippen LogP contribution in [0.1, 0.15) is 40.7 Å². The first-order chi connectivity index (χ1) is 14.8. The third-order valence-electron chi connectivity index (χ3n) is 5.24. The summed E-state index contributed by atoms with van der Waals surface area (Å²) in [5.41, 5.74) is 5.80. The number of fused-ring (bicyclic) bond motifs is 1. The predicted molar refractivity (Wildman–Crippen MR) is 122 cm³/mol. The molecule has 0 fully saturated rings. The average Bonchev–Trinajstić information content (AvgIpc) is 2.80. The highest BCUT2D eigenvalue weighted by molar-refractivity contribution is 7.99. The molecule has 1 aliphatic carbocycles. The summed E-state index contributed by atoms with van der Waals surface area (Å²) in [7, 11) is 0. The molecule has 30 heavy (non-hydrogen) atoms. The van der Waals surface area contributed by atoms with Crippen molar-refractivity contribution in [3.63, 3.8) is 0 Å². The summed E-state index contributed by atoms with van der Waals surface area (Å²) in [6, 6.07) is 21.9. The van der Waals surface area contributed by atoms with Crippen LogP contribution in [0, 0.1) is 11.3 Å². The molecular formula is C25H23N3OS. The van der Waals surface area contributed by atoms with Gasteiger partial charge in [0.2, 0.25) is 0 Å². The van der Waals surface area contributed by atoms with E-state index in [9.17, 15) is 4.79 Å². The Morgan fingerprint density at radius 3 is 2.37 bits per heavy atom. The van der Waals surface area contributed by atoms with Gasteiger partial charge >= 0.3 is 0 Å². The maximum Gasteiger partial charge on any atom is 0.258 e. The summed E-state index contributed by atoms with van der Waals surface area (Å²) in [4.78, 5) is 18.3. The molecule has 4 rings (SSSR count). The van der Waals surface area contributed by atoms with Crippen LogP contribution in [0.25, 0.3) is 11.3 Å². The number of nitrogens with zero attached hydrogens (tertiary/aromatic N) is 2. The summed E-state index contributed by atoms with van der Waals surface area (Å²) in [5, 5.41) is 12.7. The number of rotatable bonds is 6. The molecule has 0 aliphatic heterocycles. The van der Waals surface area contributed by atoms with Gasteiger partial charge in [-0.05, 0) is 48.9 Å². The normalized spacial score (nSPS) is 12.6. The third-order valence-corrected chi connectivity index (χ3v) is 6.22. The molecule has 1 amide bonds. The van der Waals surface area contributed by atoms with E-state index in [0.29, 0.717) is 17.7 Å². The lowest BCUT2D eigenvalue weighted by atomic mass is 9.86. The molecule has 1 heterocycles. The highest BCUT2D eigenvalue weighted by Crippen LogP contribution is 2.37. The number of hydrogen-bond donors (Lipinski definition) is 1. The molecule has 0 unspecified atom stereocenters. The van der Waals surface area contributed by atoms with Crippen LogP contribution in [-0.4, -0.2) is 16.6 Å². The minimum absolute atomic E-state index is 0.120. The van der Waals surface area contributed by atoms with E-state index in [4.69, 9.17) is 10.2 Å². The van der Waals surface area contributed by atoms with Crippen molar-refractivity contribution in [1.29, 1.82) is 5.26 Å². The number of anilines is 1. The van der Waals surface area contributed by atoms with E-state index in [1.165, 1.54) is 17.3 Å². The topological polar surface area (TPSA) is 65.8 Å². The van der Waals surface area contributed by atoms with E-state index < -0.39 is 0 Å². The van der Waals surface area contributed by atoms with E-state index in [0.717, 1.165) is 53.2 Å². The summed E-state index contributed by atoms with van der Waals surface area (Å²) in [6.45, 7) is 0. The molecule has 1 aromatic heterocycles. The van der Waals surface area contributed by atoms with Crippen LogP contribution in [0.2, 0.25) is 0 Å². The number of benzene rings is 2. The second-order valence-corrected chi connectivity index (χ2v) is 8.33. The summed E-state index contributed by atoms with van der Waals surface area (Å²) < 4.78 is 0. The van der Waals surface area contributed by atoms with E-state index >= 15 is 0 Å². The molecule has 0 saturated heterocycles. The zero-order valence-corrected chi connectivity index (χ0v) is 17.5. The number of carbonyl (C=O) groups is 1. The summed E-state index contributed by atoms with van der Waals surface area (Å²) >= 11 is 1.50. The summed E-state index contributed by atoms with van der Waals surface area (Å²) in [6.07, 6.45) is 4.40. The third kappa shape index (κ3) is 4.39. The first-order valence-corrected chi connectivity index (χ1v) is 11.2. The first kappa shape index (κ1) is 20.2. The Kier molecular flexibility index (Phi) is 6.46. The Hall–Kier alpha value is -3.10. The lowest BCUT2D eigenvalue weighted by Crippen LogP contribution is -2.20. The minimum atomic E-state index is -0.120. The van der Waals surface area contributed by atoms with Gasteiger partial charge in [0.25, 0.3) is 5.91 Å². The van der Waals surface area contributed by atoms with Crippen molar-refractivity contribution in [2.45, 2.75) is 37.1 Å². The predicted octanol–water partition coefficient (Wildman–Crippen LogP) is 5.89. The molecule has 4 nitrogen and oxygen atoms in total. The monoisotopic (exact) mass is 413 g/mol. The highest BCUT2D eigenvalue weighted by atomic mass is 32.2. The maximum atomic E-state index is 13.4. The van der Waals surface area contributed by atoms with Crippen molar-refractivity contribution in [3.8, 4) is 17.3 Å². The minimum Gasteiger partial charge on any atom is -0.322 e. The summed E-state index contributed by atoms with van der Waals surface area (Å²) in [5.74, 6) is 0.494. The number of pyridine rings is 1. The van der Waals surface area contributed by atoms with Crippen LogP contribution in [0.5, 0.6) is 0 Å². The number of hydrogen-bond acceptors (Lipinski definition) is 4. The molecule has 0 radical (unpaired) electrons. The molecule has 0 bridgehead atoms. The van der Waals surface area contributed by atoms with Crippen molar-refractivity contribution >= 4 is 23.4 Å². The highest BCUT2D eigenvalue weighted by Gasteiger charge is 2.26. The SMILES string of the molecule is N#CCCSc1nc(-c2ccccc2)c2c(c1C(=O)Nc1ccccc1)CCCC2. The standard InChI is InChI=1S/C25H23N3OS/c26-16-9-17-30-25-22(24(29)27-19-12-5-2-6-13-19)20-14-7-8-15-21(20)23(28-25)18-10-3-1-4-11-18/h1-6,10-13H,7-9,14-15,17H2,(H,27,29). The molecular weight excluding hydrogens is 390 g/mol. The lowest BCUT2D eigenvalue weighted by Gasteiger charge is -2.24. The van der Waals surface area contributed by atoms with Crippen molar-refractivity contribution < 1.29 is 4.79 Å². The van der Waals surface area contributed by atoms with E-state index in [-0.39, 0.29) is 5.91 Å². The number of nitriles is 1. The molecule has 0 atom stereocenters. The van der Waals surface area contributed by atoms with Gasteiger partial charge in [0.05, 0.1) is 17.3 Å². The van der Waals surface area contributed by atoms with E-state index in [2.05, 4.69) is 23.5 Å². The zero-order chi connectivity index (χ0) is 20.8. The van der Waals surface area contributed by atoms with E-state index in [1.54, 1.807) is 0 Å². The Morgan fingerprint density at radius 1 is 1.00 bits per heavy atom. The van der Waals surface area contributed by atoms with Crippen molar-refractivity contribution in [2.24, 2.45) is 0 Å². The molecule has 150 valence electrons. The van der Waals surface area contributed by atoms with Crippen molar-refractivity contribution in [3.05, 3.63) is 77.4 Å². The van der Waals surface area contributed by atoms with Crippen LogP contribution in [0.4, 0.5) is 5.69 Å². The number of para-hydroxylation sites is 1. The molecule has 3 aromatic rings. The van der Waals surface area contributed by atoms with Crippen molar-refractivity contribution in [2.75, 3.05) is 11.1 Å². The van der Waals surface area contributed by atoms with Gasteiger partial charge in [0, 0.05) is 23.4 Å². The van der Waals surface area contributed by atoms with Crippen molar-refractivity contribution in [1.82, 2.24) is 4.98 Å². The quantitative estimate of drug-likeness (QED) is 0.404. The first-order valence-electron chi connectivity index (χ1n) is 10.2. The van der Waals surface area contributed by atoms with Crippen LogP contribution in [0.15, 0.2) is 65.7 Å². The zero-order valence-electron chi connectivity index (χ0n) is 16.7. The fourth-order valence-electron chi connectivity index (χ4n) is 3.88. The van der Waals surface area contributed by atoms with Crippen LogP contribution in [-0.2, 0) is 12.8 Å². The number of aromatic nitrogens is 1. The number of thioether (sulfide) groups is 1. The van der Waals surface area contributed by atoms with Gasteiger partial charge in [-0.1, -0.05) is 48.5 Å². The molecule has 0 saturated carbocycles. The largest absolute Gasteiger partial charge is 0.322 e. The average molecular weight is 414 g/mol. The molecule has 5 heteroatoms. The molecule has 1 N–H and O–H groups in total. The smallest absolute Gasteiger partial charge is 0.258 e. The van der Waals surface area contributed by atoms with Gasteiger partial charge in [0.1, 0.15) is 5.03 Å². The van der Waals surface area contributed by atoms with Gasteiger partial charge in [-0.15, -0.1) is 11.8 Å². The van der Waals surface area contributed by atoms with Gasteiger partial charge in [-0.25, -0.2) is 4.98 Å². The van der Waals surface area contributed by atoms with Gasteiger partial charge in [-0.3, -0.25) is 4.79 Å². The van der Waals surface area contributed by atoms with Crippen LogP contribution < -0.4 is 5.32 Å². The Morgan fingerprint density at radius 2 is 1.67 bits per heavy atom. The number of carbonyl (C=O) groups excluding carboxylic acids is 1. The molecule has 2 aromatic carbocycles. The Labute approximate surface area is 181 Å². The molecule has 0 spiro atoms. The second-order valence-electron chi connectivity index (χ2n) is 7.25. The van der Waals surface area contributed by atoms with Crippen LogP contribution >= 0.6 is 11.8 Å². The maximum absolute atomic E-state index is 13.4.